The van der Waals surface area contributed by atoms with Crippen molar-refractivity contribution in [3.63, 3.8) is 0 Å². The van der Waals surface area contributed by atoms with Gasteiger partial charge in [0.25, 0.3) is 0 Å². The summed E-state index contributed by atoms with van der Waals surface area (Å²) in [6.07, 6.45) is 0.842. The summed E-state index contributed by atoms with van der Waals surface area (Å²) in [5.74, 6) is 1.94. The summed E-state index contributed by atoms with van der Waals surface area (Å²) in [4.78, 5) is 3.58. The van der Waals surface area contributed by atoms with Gasteiger partial charge in [-0.1, -0.05) is 12.1 Å². The summed E-state index contributed by atoms with van der Waals surface area (Å²) in [7, 11) is 1.68. The van der Waals surface area contributed by atoms with Gasteiger partial charge in [-0.25, -0.2) is 0 Å². The molecule has 0 radical (unpaired) electrons. The molecule has 2 unspecified atom stereocenters. The average Bonchev–Trinajstić information content (AvgIpc) is 3.25. The van der Waals surface area contributed by atoms with Crippen LogP contribution in [0.3, 0.4) is 0 Å². The second kappa shape index (κ2) is 8.01. The first-order valence-corrected chi connectivity index (χ1v) is 9.26. The molecular formula is C19H25NO3S. The predicted molar refractivity (Wildman–Crippen MR) is 96.7 cm³/mol. The van der Waals surface area contributed by atoms with E-state index >= 15 is 0 Å². The molecule has 0 bridgehead atoms. The Bertz CT molecular complexity index is 642. The lowest BCUT2D eigenvalue weighted by molar-refractivity contribution is 0.127. The molecule has 130 valence electrons. The van der Waals surface area contributed by atoms with E-state index < -0.39 is 0 Å². The highest BCUT2D eigenvalue weighted by Gasteiger charge is 2.25. The van der Waals surface area contributed by atoms with Crippen molar-refractivity contribution in [2.75, 3.05) is 20.2 Å². The molecule has 2 heterocycles. The van der Waals surface area contributed by atoms with Crippen LogP contribution in [0.2, 0.25) is 0 Å². The molecule has 1 aliphatic rings. The number of hydrogen-bond acceptors (Lipinski definition) is 5. The van der Waals surface area contributed by atoms with Crippen molar-refractivity contribution in [2.45, 2.75) is 32.6 Å². The summed E-state index contributed by atoms with van der Waals surface area (Å²) < 4.78 is 11.4. The fourth-order valence-corrected chi connectivity index (χ4v) is 3.75. The largest absolute Gasteiger partial charge is 0.493 e. The molecule has 1 aromatic heterocycles. The Balaban J connectivity index is 1.61. The van der Waals surface area contributed by atoms with Gasteiger partial charge in [-0.3, -0.25) is 4.90 Å². The van der Waals surface area contributed by atoms with E-state index in [4.69, 9.17) is 9.47 Å². The van der Waals surface area contributed by atoms with Crippen molar-refractivity contribution in [3.8, 4) is 11.5 Å². The number of likely N-dealkylation sites (tertiary alicyclic amines) is 1. The second-order valence-corrected chi connectivity index (χ2v) is 7.41. The Morgan fingerprint density at radius 3 is 2.88 bits per heavy atom. The molecule has 0 aliphatic carbocycles. The van der Waals surface area contributed by atoms with Crippen LogP contribution in [0, 0.1) is 5.92 Å². The van der Waals surface area contributed by atoms with Crippen molar-refractivity contribution in [2.24, 2.45) is 5.92 Å². The van der Waals surface area contributed by atoms with E-state index in [1.807, 2.05) is 19.1 Å². The van der Waals surface area contributed by atoms with Crippen LogP contribution in [-0.4, -0.2) is 36.3 Å². The van der Waals surface area contributed by atoms with Crippen molar-refractivity contribution >= 4 is 11.3 Å². The van der Waals surface area contributed by atoms with Crippen molar-refractivity contribution in [1.82, 2.24) is 4.90 Å². The number of benzene rings is 1. The Morgan fingerprint density at radius 1 is 1.33 bits per heavy atom. The molecule has 24 heavy (non-hydrogen) atoms. The van der Waals surface area contributed by atoms with E-state index in [1.165, 1.54) is 10.4 Å². The summed E-state index contributed by atoms with van der Waals surface area (Å²) in [6.45, 7) is 5.32. The lowest BCUT2D eigenvalue weighted by Crippen LogP contribution is -2.23. The van der Waals surface area contributed by atoms with Gasteiger partial charge in [-0.2, -0.15) is 0 Å². The zero-order valence-corrected chi connectivity index (χ0v) is 15.1. The van der Waals surface area contributed by atoms with E-state index in [2.05, 4.69) is 28.5 Å². The van der Waals surface area contributed by atoms with E-state index in [-0.39, 0.29) is 6.10 Å². The van der Waals surface area contributed by atoms with Gasteiger partial charge in [0.15, 0.2) is 11.5 Å². The van der Waals surface area contributed by atoms with Gasteiger partial charge in [-0.05, 0) is 54.9 Å². The van der Waals surface area contributed by atoms with Crippen LogP contribution in [0.15, 0.2) is 35.7 Å². The third-order valence-electron chi connectivity index (χ3n) is 4.58. The molecule has 4 nitrogen and oxygen atoms in total. The molecule has 1 aromatic carbocycles. The highest BCUT2D eigenvalue weighted by molar-refractivity contribution is 7.09. The summed E-state index contributed by atoms with van der Waals surface area (Å²) in [6, 6.07) is 10.2. The maximum absolute atomic E-state index is 9.73. The Morgan fingerprint density at radius 2 is 2.21 bits per heavy atom. The van der Waals surface area contributed by atoms with Crippen LogP contribution in [0.1, 0.15) is 23.8 Å². The summed E-state index contributed by atoms with van der Waals surface area (Å²) >= 11 is 1.69. The van der Waals surface area contributed by atoms with Crippen LogP contribution in [0.25, 0.3) is 0 Å². The minimum absolute atomic E-state index is 0.224. The van der Waals surface area contributed by atoms with E-state index in [0.717, 1.165) is 37.6 Å². The van der Waals surface area contributed by atoms with Gasteiger partial charge in [0, 0.05) is 18.0 Å². The lowest BCUT2D eigenvalue weighted by atomic mass is 10.0. The first kappa shape index (κ1) is 17.3. The van der Waals surface area contributed by atoms with Crippen LogP contribution in [0.4, 0.5) is 0 Å². The quantitative estimate of drug-likeness (QED) is 0.832. The van der Waals surface area contributed by atoms with Gasteiger partial charge in [-0.15, -0.1) is 11.3 Å². The first-order chi connectivity index (χ1) is 11.7. The molecule has 5 heteroatoms. The van der Waals surface area contributed by atoms with Gasteiger partial charge < -0.3 is 14.6 Å². The molecular weight excluding hydrogens is 322 g/mol. The number of nitrogens with zero attached hydrogens (tertiary/aromatic N) is 1. The monoisotopic (exact) mass is 347 g/mol. The van der Waals surface area contributed by atoms with Crippen LogP contribution >= 0.6 is 11.3 Å². The number of rotatable bonds is 7. The normalized spacial score (nSPS) is 19.4. The highest BCUT2D eigenvalue weighted by atomic mass is 32.1. The van der Waals surface area contributed by atoms with Gasteiger partial charge in [0.1, 0.15) is 6.61 Å². The topological polar surface area (TPSA) is 41.9 Å². The zero-order valence-electron chi connectivity index (χ0n) is 14.3. The molecule has 0 amide bonds. The standard InChI is InChI=1S/C19H25NO3S/c1-14(21)16-7-8-20(12-16)11-15-5-6-18(19(10-15)22-2)23-13-17-4-3-9-24-17/h3-6,9-10,14,16,21H,7-8,11-13H2,1-2H3. The molecule has 2 atom stereocenters. The maximum atomic E-state index is 9.73. The average molecular weight is 347 g/mol. The smallest absolute Gasteiger partial charge is 0.161 e. The Kier molecular flexibility index (Phi) is 5.76. The van der Waals surface area contributed by atoms with Gasteiger partial charge >= 0.3 is 0 Å². The van der Waals surface area contributed by atoms with Crippen LogP contribution < -0.4 is 9.47 Å². The zero-order chi connectivity index (χ0) is 16.9. The predicted octanol–water partition coefficient (Wildman–Crippen LogP) is 3.54. The number of aliphatic hydroxyl groups excluding tert-OH is 1. The number of methoxy groups -OCH3 is 1. The Hall–Kier alpha value is -1.56. The van der Waals surface area contributed by atoms with E-state index in [1.54, 1.807) is 18.4 Å². The van der Waals surface area contributed by atoms with Crippen LogP contribution in [-0.2, 0) is 13.2 Å². The maximum Gasteiger partial charge on any atom is 0.161 e. The number of hydrogen-bond donors (Lipinski definition) is 1. The third-order valence-corrected chi connectivity index (χ3v) is 5.43. The second-order valence-electron chi connectivity index (χ2n) is 6.38. The minimum atomic E-state index is -0.224. The molecule has 1 fully saturated rings. The summed E-state index contributed by atoms with van der Waals surface area (Å²) in [5, 5.41) is 11.8. The highest BCUT2D eigenvalue weighted by Crippen LogP contribution is 2.30. The molecule has 1 N–H and O–H groups in total. The fraction of sp³-hybridized carbons (Fsp3) is 0.474. The first-order valence-electron chi connectivity index (χ1n) is 8.38. The van der Waals surface area contributed by atoms with Crippen LogP contribution in [0.5, 0.6) is 11.5 Å². The van der Waals surface area contributed by atoms with Gasteiger partial charge in [0.05, 0.1) is 13.2 Å². The SMILES string of the molecule is COc1cc(CN2CCC(C(C)O)C2)ccc1OCc1cccs1. The fourth-order valence-electron chi connectivity index (χ4n) is 3.13. The third kappa shape index (κ3) is 4.29. The molecule has 0 spiro atoms. The number of thiophene rings is 1. The number of ether oxygens (including phenoxy) is 2. The lowest BCUT2D eigenvalue weighted by Gasteiger charge is -2.18. The summed E-state index contributed by atoms with van der Waals surface area (Å²) in [5.41, 5.74) is 1.21. The van der Waals surface area contributed by atoms with Crippen molar-refractivity contribution in [3.05, 3.63) is 46.2 Å². The molecule has 0 saturated carbocycles. The molecule has 1 saturated heterocycles. The molecule has 1 aliphatic heterocycles. The van der Waals surface area contributed by atoms with E-state index in [0.29, 0.717) is 12.5 Å². The van der Waals surface area contributed by atoms with Gasteiger partial charge in [0.2, 0.25) is 0 Å². The molecule has 2 aromatic rings. The van der Waals surface area contributed by atoms with Crippen molar-refractivity contribution in [1.29, 1.82) is 0 Å². The molecule has 3 rings (SSSR count). The Labute approximate surface area is 147 Å². The van der Waals surface area contributed by atoms with Crippen molar-refractivity contribution < 1.29 is 14.6 Å². The number of aliphatic hydroxyl groups is 1. The minimum Gasteiger partial charge on any atom is -0.493 e. The van der Waals surface area contributed by atoms with E-state index in [9.17, 15) is 5.11 Å².